The molecule has 0 aliphatic carbocycles. The number of amides is 2. The summed E-state index contributed by atoms with van der Waals surface area (Å²) in [6.07, 6.45) is 1.19. The third-order valence-corrected chi connectivity index (χ3v) is 7.80. The minimum absolute atomic E-state index is 0.111. The van der Waals surface area contributed by atoms with Crippen molar-refractivity contribution in [3.05, 3.63) is 99.0 Å². The van der Waals surface area contributed by atoms with Crippen LogP contribution in [0.3, 0.4) is 0 Å². The van der Waals surface area contributed by atoms with Gasteiger partial charge in [-0.05, 0) is 42.0 Å². The highest BCUT2D eigenvalue weighted by molar-refractivity contribution is 7.92. The van der Waals surface area contributed by atoms with Crippen molar-refractivity contribution in [1.29, 1.82) is 0 Å². The molecule has 1 atom stereocenters. The Morgan fingerprint density at radius 1 is 0.892 bits per heavy atom. The van der Waals surface area contributed by atoms with E-state index in [0.29, 0.717) is 20.6 Å². The van der Waals surface area contributed by atoms with E-state index in [1.807, 2.05) is 30.3 Å². The summed E-state index contributed by atoms with van der Waals surface area (Å²) in [5.41, 5.74) is 1.52. The molecule has 2 amide bonds. The van der Waals surface area contributed by atoms with Crippen LogP contribution in [-0.2, 0) is 32.6 Å². The van der Waals surface area contributed by atoms with Gasteiger partial charge in [-0.25, -0.2) is 8.42 Å². The second-order valence-electron chi connectivity index (χ2n) is 8.29. The molecule has 7 nitrogen and oxygen atoms in total. The number of anilines is 1. The highest BCUT2D eigenvalue weighted by Gasteiger charge is 2.33. The van der Waals surface area contributed by atoms with Crippen LogP contribution in [0.15, 0.2) is 72.8 Å². The molecule has 3 aromatic rings. The number of hydrogen-bond donors (Lipinski definition) is 1. The van der Waals surface area contributed by atoms with E-state index in [4.69, 9.17) is 34.8 Å². The van der Waals surface area contributed by atoms with Crippen LogP contribution in [0, 0.1) is 0 Å². The minimum Gasteiger partial charge on any atom is -0.357 e. The molecular formula is C26H26Cl3N3O4S. The maximum atomic E-state index is 13.8. The van der Waals surface area contributed by atoms with Crippen molar-refractivity contribution in [1.82, 2.24) is 10.2 Å². The van der Waals surface area contributed by atoms with E-state index in [-0.39, 0.29) is 18.7 Å². The molecule has 0 radical (unpaired) electrons. The fraction of sp³-hybridized carbons (Fsp3) is 0.231. The SMILES string of the molecule is CNC(=O)C(Cc1ccccc1)N(Cc1c(Cl)cccc1Cl)C(=O)CN(c1ccc(Cl)cc1)S(C)(=O)=O. The highest BCUT2D eigenvalue weighted by atomic mass is 35.5. The molecular weight excluding hydrogens is 557 g/mol. The molecule has 0 aromatic heterocycles. The summed E-state index contributed by atoms with van der Waals surface area (Å²) < 4.78 is 26.4. The first kappa shape index (κ1) is 28.8. The fourth-order valence-electron chi connectivity index (χ4n) is 3.80. The van der Waals surface area contributed by atoms with Crippen molar-refractivity contribution >= 4 is 62.3 Å². The maximum Gasteiger partial charge on any atom is 0.244 e. The Kier molecular flexibility index (Phi) is 9.84. The number of likely N-dealkylation sites (N-methyl/N-ethyl adjacent to an activating group) is 1. The Bertz CT molecular complexity index is 1330. The van der Waals surface area contributed by atoms with Crippen molar-refractivity contribution in [2.24, 2.45) is 0 Å². The number of carbonyl (C=O) groups is 2. The van der Waals surface area contributed by atoms with Gasteiger partial charge in [0.25, 0.3) is 0 Å². The normalized spacial score (nSPS) is 12.0. The van der Waals surface area contributed by atoms with Gasteiger partial charge in [0, 0.05) is 40.6 Å². The predicted octanol–water partition coefficient (Wildman–Crippen LogP) is 4.80. The van der Waals surface area contributed by atoms with Gasteiger partial charge in [-0.15, -0.1) is 0 Å². The average molecular weight is 583 g/mol. The predicted molar refractivity (Wildman–Crippen MR) is 149 cm³/mol. The van der Waals surface area contributed by atoms with E-state index < -0.39 is 34.4 Å². The Balaban J connectivity index is 2.06. The Labute approximate surface area is 232 Å². The average Bonchev–Trinajstić information content (AvgIpc) is 2.86. The van der Waals surface area contributed by atoms with Gasteiger partial charge in [0.2, 0.25) is 21.8 Å². The third kappa shape index (κ3) is 7.61. The van der Waals surface area contributed by atoms with E-state index in [2.05, 4.69) is 5.32 Å². The van der Waals surface area contributed by atoms with Crippen LogP contribution in [-0.4, -0.2) is 51.0 Å². The molecule has 1 N–H and O–H groups in total. The summed E-state index contributed by atoms with van der Waals surface area (Å²) in [7, 11) is -2.39. The topological polar surface area (TPSA) is 86.8 Å². The molecule has 0 bridgehead atoms. The second-order valence-corrected chi connectivity index (χ2v) is 11.4. The zero-order chi connectivity index (χ0) is 27.2. The summed E-state index contributed by atoms with van der Waals surface area (Å²) >= 11 is 18.8. The molecule has 3 aromatic carbocycles. The van der Waals surface area contributed by atoms with Crippen molar-refractivity contribution in [3.8, 4) is 0 Å². The first-order valence-electron chi connectivity index (χ1n) is 11.2. The summed E-state index contributed by atoms with van der Waals surface area (Å²) in [5, 5.41) is 3.67. The van der Waals surface area contributed by atoms with E-state index in [0.717, 1.165) is 16.1 Å². The molecule has 0 heterocycles. The van der Waals surface area contributed by atoms with Gasteiger partial charge in [-0.3, -0.25) is 13.9 Å². The van der Waals surface area contributed by atoms with Crippen LogP contribution in [0.4, 0.5) is 5.69 Å². The van der Waals surface area contributed by atoms with Gasteiger partial charge in [-0.2, -0.15) is 0 Å². The number of hydrogen-bond acceptors (Lipinski definition) is 4. The van der Waals surface area contributed by atoms with Crippen LogP contribution in [0.2, 0.25) is 15.1 Å². The van der Waals surface area contributed by atoms with Crippen molar-refractivity contribution in [3.63, 3.8) is 0 Å². The Morgan fingerprint density at radius 3 is 2.03 bits per heavy atom. The molecule has 0 aliphatic rings. The number of sulfonamides is 1. The molecule has 3 rings (SSSR count). The molecule has 0 fully saturated rings. The van der Waals surface area contributed by atoms with Crippen molar-refractivity contribution in [2.75, 3.05) is 24.2 Å². The van der Waals surface area contributed by atoms with Crippen LogP contribution in [0.5, 0.6) is 0 Å². The van der Waals surface area contributed by atoms with Gasteiger partial charge < -0.3 is 10.2 Å². The quantitative estimate of drug-likeness (QED) is 0.372. The van der Waals surface area contributed by atoms with Crippen LogP contribution >= 0.6 is 34.8 Å². The zero-order valence-corrected chi connectivity index (χ0v) is 23.3. The zero-order valence-electron chi connectivity index (χ0n) is 20.2. The number of halogens is 3. The van der Waals surface area contributed by atoms with Crippen LogP contribution < -0.4 is 9.62 Å². The van der Waals surface area contributed by atoms with Crippen LogP contribution in [0.25, 0.3) is 0 Å². The largest absolute Gasteiger partial charge is 0.357 e. The molecule has 0 aliphatic heterocycles. The van der Waals surface area contributed by atoms with Gasteiger partial charge in [0.1, 0.15) is 12.6 Å². The van der Waals surface area contributed by atoms with Gasteiger partial charge in [-0.1, -0.05) is 71.2 Å². The van der Waals surface area contributed by atoms with Crippen molar-refractivity contribution in [2.45, 2.75) is 19.0 Å². The molecule has 1 unspecified atom stereocenters. The standard InChI is InChI=1S/C26H26Cl3N3O4S/c1-30-26(34)24(15-18-7-4-3-5-8-18)31(16-21-22(28)9-6-10-23(21)29)25(33)17-32(37(2,35)36)20-13-11-19(27)12-14-20/h3-14,24H,15-17H2,1-2H3,(H,30,34). The lowest BCUT2D eigenvalue weighted by atomic mass is 10.0. The van der Waals surface area contributed by atoms with Gasteiger partial charge >= 0.3 is 0 Å². The lowest BCUT2D eigenvalue weighted by Crippen LogP contribution is -2.53. The summed E-state index contributed by atoms with van der Waals surface area (Å²) in [5.74, 6) is -1.03. The van der Waals surface area contributed by atoms with Gasteiger partial charge in [0.05, 0.1) is 11.9 Å². The van der Waals surface area contributed by atoms with Crippen molar-refractivity contribution < 1.29 is 18.0 Å². The highest BCUT2D eigenvalue weighted by Crippen LogP contribution is 2.28. The minimum atomic E-state index is -3.87. The second kappa shape index (κ2) is 12.6. The summed E-state index contributed by atoms with van der Waals surface area (Å²) in [4.78, 5) is 28.3. The van der Waals surface area contributed by atoms with E-state index in [1.54, 1.807) is 18.2 Å². The van der Waals surface area contributed by atoms with Gasteiger partial charge in [0.15, 0.2) is 0 Å². The Morgan fingerprint density at radius 2 is 1.49 bits per heavy atom. The molecule has 0 saturated carbocycles. The summed E-state index contributed by atoms with van der Waals surface area (Å²) in [6.45, 7) is -0.661. The molecule has 0 spiro atoms. The summed E-state index contributed by atoms with van der Waals surface area (Å²) in [6, 6.07) is 19.2. The number of nitrogens with one attached hydrogen (secondary N) is 1. The number of nitrogens with zero attached hydrogens (tertiary/aromatic N) is 2. The molecule has 37 heavy (non-hydrogen) atoms. The number of rotatable bonds is 10. The maximum absolute atomic E-state index is 13.8. The lowest BCUT2D eigenvalue weighted by Gasteiger charge is -2.33. The number of benzene rings is 3. The van der Waals surface area contributed by atoms with E-state index >= 15 is 0 Å². The first-order chi connectivity index (χ1) is 17.5. The molecule has 0 saturated heterocycles. The molecule has 196 valence electrons. The monoisotopic (exact) mass is 581 g/mol. The van der Waals surface area contributed by atoms with E-state index in [1.165, 1.54) is 36.2 Å². The van der Waals surface area contributed by atoms with Crippen LogP contribution in [0.1, 0.15) is 11.1 Å². The smallest absolute Gasteiger partial charge is 0.244 e. The fourth-order valence-corrected chi connectivity index (χ4v) is 5.29. The lowest BCUT2D eigenvalue weighted by molar-refractivity contribution is -0.139. The Hall–Kier alpha value is -2.78. The first-order valence-corrected chi connectivity index (χ1v) is 14.2. The number of carbonyl (C=O) groups excluding carboxylic acids is 2. The molecule has 11 heteroatoms. The van der Waals surface area contributed by atoms with E-state index in [9.17, 15) is 18.0 Å². The third-order valence-electron chi connectivity index (χ3n) is 5.70.